The second-order valence-corrected chi connectivity index (χ2v) is 4.88. The van der Waals surface area contributed by atoms with E-state index in [2.05, 4.69) is 14.8 Å². The first-order valence-electron chi connectivity index (χ1n) is 6.47. The van der Waals surface area contributed by atoms with Crippen molar-refractivity contribution < 1.29 is 45.7 Å². The van der Waals surface area contributed by atoms with Gasteiger partial charge in [-0.25, -0.2) is 0 Å². The molecule has 1 aliphatic rings. The molecule has 11 heteroatoms. The van der Waals surface area contributed by atoms with Gasteiger partial charge >= 0.3 is 18.1 Å². The first-order chi connectivity index (χ1) is 11.0. The Balaban J connectivity index is 2.12. The molecule has 1 fully saturated rings. The average molecular weight is 359 g/mol. The summed E-state index contributed by atoms with van der Waals surface area (Å²) in [5.74, 6) is -6.10. The van der Waals surface area contributed by atoms with Crippen LogP contribution in [0.25, 0.3) is 0 Å². The zero-order valence-corrected chi connectivity index (χ0v) is 11.7. The predicted octanol–water partition coefficient (Wildman–Crippen LogP) is 2.22. The van der Waals surface area contributed by atoms with E-state index in [0.29, 0.717) is 0 Å². The van der Waals surface area contributed by atoms with Crippen LogP contribution in [0.4, 0.5) is 32.0 Å². The summed E-state index contributed by atoms with van der Waals surface area (Å²) in [5.41, 5.74) is 0.193. The van der Waals surface area contributed by atoms with Gasteiger partial charge in [0, 0.05) is 5.69 Å². The molecular formula is C13H11F6NO4. The van der Waals surface area contributed by atoms with Crippen molar-refractivity contribution in [3.8, 4) is 0 Å². The molecular weight excluding hydrogens is 348 g/mol. The van der Waals surface area contributed by atoms with Gasteiger partial charge in [-0.05, 0) is 12.1 Å². The fourth-order valence-corrected chi connectivity index (χ4v) is 2.00. The molecule has 1 aromatic carbocycles. The van der Waals surface area contributed by atoms with Crippen LogP contribution in [0.1, 0.15) is 0 Å². The number of alkyl halides is 6. The van der Waals surface area contributed by atoms with Crippen molar-refractivity contribution in [3.05, 3.63) is 30.3 Å². The van der Waals surface area contributed by atoms with Gasteiger partial charge in [-0.1, -0.05) is 18.2 Å². The molecule has 0 aromatic heterocycles. The van der Waals surface area contributed by atoms with Crippen LogP contribution in [0.3, 0.4) is 0 Å². The Bertz CT molecular complexity index is 574. The predicted molar refractivity (Wildman–Crippen MR) is 66.7 cm³/mol. The van der Waals surface area contributed by atoms with Crippen molar-refractivity contribution in [3.63, 3.8) is 0 Å². The maximum atomic E-state index is 12.7. The quantitative estimate of drug-likeness (QED) is 0.813. The first kappa shape index (κ1) is 18.5. The number of hydrogen-bond acceptors (Lipinski definition) is 4. The minimum atomic E-state index is -5.93. The Morgan fingerprint density at radius 3 is 2.17 bits per heavy atom. The van der Waals surface area contributed by atoms with Crippen LogP contribution < -0.4 is 5.32 Å². The van der Waals surface area contributed by atoms with Gasteiger partial charge in [-0.3, -0.25) is 4.79 Å². The highest BCUT2D eigenvalue weighted by molar-refractivity contribution is 5.94. The van der Waals surface area contributed by atoms with Crippen LogP contribution in [0, 0.1) is 0 Å². The van der Waals surface area contributed by atoms with E-state index in [1.54, 1.807) is 6.07 Å². The highest BCUT2D eigenvalue weighted by atomic mass is 19.4. The van der Waals surface area contributed by atoms with Crippen molar-refractivity contribution >= 4 is 11.6 Å². The summed E-state index contributed by atoms with van der Waals surface area (Å²) >= 11 is 0. The summed E-state index contributed by atoms with van der Waals surface area (Å²) in [6.45, 7) is -1.26. The molecule has 1 aromatic rings. The van der Waals surface area contributed by atoms with E-state index < -0.39 is 42.9 Å². The number of rotatable bonds is 3. The minimum absolute atomic E-state index is 0.193. The Hall–Kier alpha value is -1.85. The van der Waals surface area contributed by atoms with Gasteiger partial charge in [0.1, 0.15) is 6.10 Å². The molecule has 2 unspecified atom stereocenters. The second kappa shape index (κ2) is 6.22. The van der Waals surface area contributed by atoms with Gasteiger partial charge in [0.2, 0.25) is 0 Å². The first-order valence-corrected chi connectivity index (χ1v) is 6.47. The fourth-order valence-electron chi connectivity index (χ4n) is 2.00. The third-order valence-corrected chi connectivity index (χ3v) is 3.18. The summed E-state index contributed by atoms with van der Waals surface area (Å²) in [6.07, 6.45) is -16.3. The number of carbonyl (C=O) groups excluding carboxylic acids is 1. The van der Waals surface area contributed by atoms with E-state index in [4.69, 9.17) is 0 Å². The number of ether oxygens (including phenoxy) is 2. The normalized spacial score (nSPS) is 22.2. The maximum Gasteiger partial charge on any atom is 0.453 e. The molecule has 1 heterocycles. The largest absolute Gasteiger partial charge is 0.453 e. The van der Waals surface area contributed by atoms with E-state index in [0.717, 1.165) is 0 Å². The fraction of sp³-hybridized carbons (Fsp3) is 0.462. The number of halogens is 6. The summed E-state index contributed by atoms with van der Waals surface area (Å²) < 4.78 is 84.2. The second-order valence-electron chi connectivity index (χ2n) is 4.88. The number of aliphatic hydroxyl groups is 1. The maximum absolute atomic E-state index is 12.7. The molecule has 1 aliphatic heterocycles. The molecule has 0 saturated carbocycles. The lowest BCUT2D eigenvalue weighted by Gasteiger charge is -2.31. The molecule has 134 valence electrons. The van der Waals surface area contributed by atoms with Crippen molar-refractivity contribution in [2.24, 2.45) is 0 Å². The summed E-state index contributed by atoms with van der Waals surface area (Å²) in [6, 6.07) is 7.48. The lowest BCUT2D eigenvalue weighted by Crippen LogP contribution is -2.58. The number of nitrogens with one attached hydrogen (secondary N) is 1. The molecule has 2 N–H and O–H groups in total. The molecule has 1 amide bonds. The number of amides is 1. The standard InChI is InChI=1S/C13H11F6NO4/c14-12(15,16)11(13(17,18)19)23-6-8(24-11)9(21)10(22)20-7-4-2-1-3-5-7/h1-5,8-9,21H,6H2,(H,20,22). The van der Waals surface area contributed by atoms with Crippen LogP contribution in [0.2, 0.25) is 0 Å². The minimum Gasteiger partial charge on any atom is -0.380 e. The van der Waals surface area contributed by atoms with E-state index in [1.807, 2.05) is 0 Å². The molecule has 0 spiro atoms. The van der Waals surface area contributed by atoms with E-state index in [9.17, 15) is 36.2 Å². The van der Waals surface area contributed by atoms with E-state index >= 15 is 0 Å². The summed E-state index contributed by atoms with van der Waals surface area (Å²) in [5, 5.41) is 11.8. The SMILES string of the molecule is O=C(Nc1ccccc1)C(O)C1COC(C(F)(F)F)(C(F)(F)F)O1. The zero-order chi connectivity index (χ0) is 18.2. The number of carbonyl (C=O) groups is 1. The Labute approximate surface area is 131 Å². The van der Waals surface area contributed by atoms with Crippen LogP contribution in [0.15, 0.2) is 30.3 Å². The van der Waals surface area contributed by atoms with E-state index in [1.165, 1.54) is 24.3 Å². The Kier molecular flexibility index (Phi) is 4.79. The van der Waals surface area contributed by atoms with Crippen molar-refractivity contribution in [2.75, 3.05) is 11.9 Å². The average Bonchev–Trinajstić information content (AvgIpc) is 2.93. The van der Waals surface area contributed by atoms with Crippen LogP contribution >= 0.6 is 0 Å². The molecule has 1 saturated heterocycles. The highest BCUT2D eigenvalue weighted by Crippen LogP contribution is 2.50. The van der Waals surface area contributed by atoms with Gasteiger partial charge in [-0.2, -0.15) is 26.3 Å². The number of para-hydroxylation sites is 1. The Morgan fingerprint density at radius 2 is 1.71 bits per heavy atom. The van der Waals surface area contributed by atoms with E-state index in [-0.39, 0.29) is 5.69 Å². The van der Waals surface area contributed by atoms with Crippen molar-refractivity contribution in [1.82, 2.24) is 0 Å². The van der Waals surface area contributed by atoms with Gasteiger partial charge in [0.25, 0.3) is 5.91 Å². The monoisotopic (exact) mass is 359 g/mol. The molecule has 2 rings (SSSR count). The number of anilines is 1. The topological polar surface area (TPSA) is 67.8 Å². The molecule has 0 bridgehead atoms. The van der Waals surface area contributed by atoms with Crippen LogP contribution in [-0.2, 0) is 14.3 Å². The van der Waals surface area contributed by atoms with Crippen LogP contribution in [-0.4, -0.2) is 48.0 Å². The zero-order valence-electron chi connectivity index (χ0n) is 11.7. The van der Waals surface area contributed by atoms with Crippen LogP contribution in [0.5, 0.6) is 0 Å². The summed E-state index contributed by atoms with van der Waals surface area (Å²) in [4.78, 5) is 11.8. The van der Waals surface area contributed by atoms with Gasteiger partial charge in [0.05, 0.1) is 6.61 Å². The molecule has 0 aliphatic carbocycles. The lowest BCUT2D eigenvalue weighted by atomic mass is 10.2. The molecule has 0 radical (unpaired) electrons. The van der Waals surface area contributed by atoms with Gasteiger partial charge < -0.3 is 19.9 Å². The van der Waals surface area contributed by atoms with Crippen molar-refractivity contribution in [2.45, 2.75) is 30.3 Å². The number of hydrogen-bond donors (Lipinski definition) is 2. The van der Waals surface area contributed by atoms with Gasteiger partial charge in [0.15, 0.2) is 6.10 Å². The molecule has 2 atom stereocenters. The highest BCUT2D eigenvalue weighted by Gasteiger charge is 2.77. The van der Waals surface area contributed by atoms with Gasteiger partial charge in [-0.15, -0.1) is 0 Å². The molecule has 24 heavy (non-hydrogen) atoms. The van der Waals surface area contributed by atoms with Crippen molar-refractivity contribution in [1.29, 1.82) is 0 Å². The number of benzene rings is 1. The number of aliphatic hydroxyl groups excluding tert-OH is 1. The third-order valence-electron chi connectivity index (χ3n) is 3.18. The molecule has 5 nitrogen and oxygen atoms in total. The summed E-state index contributed by atoms with van der Waals surface area (Å²) in [7, 11) is 0. The smallest absolute Gasteiger partial charge is 0.380 e. The Morgan fingerprint density at radius 1 is 1.17 bits per heavy atom. The lowest BCUT2D eigenvalue weighted by molar-refractivity contribution is -0.444. The third kappa shape index (κ3) is 3.32.